The maximum atomic E-state index is 12.3. The van der Waals surface area contributed by atoms with Gasteiger partial charge in [-0.15, -0.1) is 11.8 Å². The molecular formula is C19H19NO3S. The fourth-order valence-electron chi connectivity index (χ4n) is 2.80. The Kier molecular flexibility index (Phi) is 5.20. The minimum atomic E-state index is -0.428. The van der Waals surface area contributed by atoms with Gasteiger partial charge in [0, 0.05) is 10.5 Å². The number of hydrogen-bond acceptors (Lipinski definition) is 5. The molecule has 0 N–H and O–H groups in total. The zero-order chi connectivity index (χ0) is 16.9. The van der Waals surface area contributed by atoms with E-state index in [1.807, 2.05) is 42.7 Å². The number of ether oxygens (including phenoxy) is 1. The molecule has 2 aromatic rings. The average molecular weight is 341 g/mol. The van der Waals surface area contributed by atoms with Gasteiger partial charge in [0.05, 0.1) is 18.4 Å². The summed E-state index contributed by atoms with van der Waals surface area (Å²) >= 11 is 1.51. The molecule has 5 heteroatoms. The monoisotopic (exact) mass is 341 g/mol. The van der Waals surface area contributed by atoms with E-state index in [1.165, 1.54) is 17.3 Å². The topological polar surface area (TPSA) is 47.9 Å². The number of hydrogen-bond donors (Lipinski definition) is 0. The van der Waals surface area contributed by atoms with Gasteiger partial charge in [-0.25, -0.2) is 4.79 Å². The van der Waals surface area contributed by atoms with Crippen LogP contribution < -0.4 is 4.74 Å². The van der Waals surface area contributed by atoms with Crippen LogP contribution in [0.25, 0.3) is 0 Å². The van der Waals surface area contributed by atoms with Crippen molar-refractivity contribution in [2.24, 2.45) is 5.16 Å². The van der Waals surface area contributed by atoms with Crippen molar-refractivity contribution in [2.45, 2.75) is 24.2 Å². The molecule has 0 aromatic heterocycles. The second kappa shape index (κ2) is 7.53. The van der Waals surface area contributed by atoms with E-state index in [2.05, 4.69) is 5.16 Å². The minimum absolute atomic E-state index is 0.428. The first-order valence-corrected chi connectivity index (χ1v) is 9.04. The third-order valence-electron chi connectivity index (χ3n) is 4.05. The molecule has 0 amide bonds. The Morgan fingerprint density at radius 2 is 2.00 bits per heavy atom. The summed E-state index contributed by atoms with van der Waals surface area (Å²) in [6, 6.07) is 13.3. The first-order chi connectivity index (χ1) is 11.7. The highest BCUT2D eigenvalue weighted by molar-refractivity contribution is 7.98. The molecule has 0 atom stereocenters. The molecule has 124 valence electrons. The molecule has 0 bridgehead atoms. The Labute approximate surface area is 145 Å². The van der Waals surface area contributed by atoms with Gasteiger partial charge in [-0.2, -0.15) is 0 Å². The number of carbonyl (C=O) groups is 1. The van der Waals surface area contributed by atoms with Crippen LogP contribution in [0.4, 0.5) is 0 Å². The number of benzene rings is 2. The molecule has 0 saturated carbocycles. The van der Waals surface area contributed by atoms with Gasteiger partial charge in [-0.1, -0.05) is 23.4 Å². The van der Waals surface area contributed by atoms with Crippen molar-refractivity contribution in [3.05, 3.63) is 59.2 Å². The summed E-state index contributed by atoms with van der Waals surface area (Å²) in [5.41, 5.74) is 3.55. The summed E-state index contributed by atoms with van der Waals surface area (Å²) in [5, 5.41) is 4.15. The lowest BCUT2D eigenvalue weighted by Crippen LogP contribution is -2.14. The minimum Gasteiger partial charge on any atom is -0.497 e. The molecule has 0 aliphatic heterocycles. The number of thioether (sulfide) groups is 1. The molecule has 0 heterocycles. The maximum absolute atomic E-state index is 12.3. The van der Waals surface area contributed by atoms with Crippen LogP contribution in [-0.4, -0.2) is 25.0 Å². The number of nitrogens with zero attached hydrogens (tertiary/aromatic N) is 1. The van der Waals surface area contributed by atoms with Crippen LogP contribution in [0, 0.1) is 0 Å². The average Bonchev–Trinajstić information content (AvgIpc) is 2.65. The van der Waals surface area contributed by atoms with Gasteiger partial charge < -0.3 is 9.57 Å². The van der Waals surface area contributed by atoms with Crippen molar-refractivity contribution in [1.82, 2.24) is 0 Å². The van der Waals surface area contributed by atoms with Gasteiger partial charge in [0.1, 0.15) is 5.75 Å². The second-order valence-electron chi connectivity index (χ2n) is 5.49. The number of fused-ring (bicyclic) bond motifs is 1. The molecule has 0 fully saturated rings. The Morgan fingerprint density at radius 1 is 1.17 bits per heavy atom. The number of oxime groups is 1. The third kappa shape index (κ3) is 3.46. The van der Waals surface area contributed by atoms with Gasteiger partial charge in [-0.05, 0) is 55.3 Å². The van der Waals surface area contributed by atoms with Crippen molar-refractivity contribution in [2.75, 3.05) is 13.4 Å². The van der Waals surface area contributed by atoms with Crippen LogP contribution in [0.3, 0.4) is 0 Å². The molecule has 4 nitrogen and oxygen atoms in total. The van der Waals surface area contributed by atoms with E-state index in [-0.39, 0.29) is 0 Å². The highest BCUT2D eigenvalue weighted by atomic mass is 32.2. The Bertz CT molecular complexity index is 786. The van der Waals surface area contributed by atoms with Crippen LogP contribution in [0.15, 0.2) is 52.5 Å². The van der Waals surface area contributed by atoms with Crippen LogP contribution >= 0.6 is 11.8 Å². The first kappa shape index (κ1) is 16.6. The first-order valence-electron chi connectivity index (χ1n) is 7.81. The molecule has 2 aromatic carbocycles. The number of aryl methyl sites for hydroxylation is 1. The van der Waals surface area contributed by atoms with E-state index >= 15 is 0 Å². The van der Waals surface area contributed by atoms with Crippen LogP contribution in [0.5, 0.6) is 5.75 Å². The van der Waals surface area contributed by atoms with Gasteiger partial charge in [0.2, 0.25) is 0 Å². The van der Waals surface area contributed by atoms with E-state index in [1.54, 1.807) is 13.2 Å². The third-order valence-corrected chi connectivity index (χ3v) is 4.85. The quantitative estimate of drug-likeness (QED) is 0.472. The summed E-state index contributed by atoms with van der Waals surface area (Å²) in [7, 11) is 1.64. The largest absolute Gasteiger partial charge is 0.497 e. The molecule has 24 heavy (non-hydrogen) atoms. The Morgan fingerprint density at radius 3 is 2.79 bits per heavy atom. The van der Waals surface area contributed by atoms with Crippen molar-refractivity contribution < 1.29 is 14.4 Å². The summed E-state index contributed by atoms with van der Waals surface area (Å²) < 4.78 is 5.29. The molecule has 0 saturated heterocycles. The summed E-state index contributed by atoms with van der Waals surface area (Å²) in [5.74, 6) is 0.352. The van der Waals surface area contributed by atoms with Crippen LogP contribution in [0.2, 0.25) is 0 Å². The van der Waals surface area contributed by atoms with Crippen LogP contribution in [-0.2, 0) is 11.3 Å². The molecule has 1 aliphatic rings. The molecule has 0 unspecified atom stereocenters. The number of rotatable bonds is 4. The van der Waals surface area contributed by atoms with Crippen molar-refractivity contribution in [1.29, 1.82) is 0 Å². The molecule has 1 aliphatic carbocycles. The van der Waals surface area contributed by atoms with E-state index in [4.69, 9.17) is 9.57 Å². The van der Waals surface area contributed by atoms with Crippen molar-refractivity contribution in [3.8, 4) is 5.75 Å². The van der Waals surface area contributed by atoms with Gasteiger partial charge >= 0.3 is 5.97 Å². The van der Waals surface area contributed by atoms with Crippen molar-refractivity contribution in [3.63, 3.8) is 0 Å². The lowest BCUT2D eigenvalue weighted by atomic mass is 9.90. The van der Waals surface area contributed by atoms with E-state index in [0.717, 1.165) is 41.2 Å². The SMILES string of the molecule is COc1ccc2c(c1)C(=NOC(=O)c1ccccc1SC)CCC2. The molecular weight excluding hydrogens is 322 g/mol. The molecule has 0 spiro atoms. The summed E-state index contributed by atoms with van der Waals surface area (Å²) in [4.78, 5) is 18.5. The van der Waals surface area contributed by atoms with Gasteiger partial charge in [0.25, 0.3) is 0 Å². The summed E-state index contributed by atoms with van der Waals surface area (Å²) in [6.45, 7) is 0. The predicted molar refractivity (Wildman–Crippen MR) is 96.1 cm³/mol. The zero-order valence-corrected chi connectivity index (χ0v) is 14.6. The van der Waals surface area contributed by atoms with Crippen LogP contribution in [0.1, 0.15) is 34.3 Å². The standard InChI is InChI=1S/C19H19NO3S/c1-22-14-11-10-13-6-5-8-17(16(13)12-14)20-23-19(21)15-7-3-4-9-18(15)24-2/h3-4,7,9-12H,5-6,8H2,1-2H3. The fraction of sp³-hybridized carbons (Fsp3) is 0.263. The number of carbonyl (C=O) groups excluding carboxylic acids is 1. The fourth-order valence-corrected chi connectivity index (χ4v) is 3.39. The van der Waals surface area contributed by atoms with Crippen molar-refractivity contribution >= 4 is 23.4 Å². The maximum Gasteiger partial charge on any atom is 0.366 e. The van der Waals surface area contributed by atoms with Gasteiger partial charge in [-0.3, -0.25) is 0 Å². The summed E-state index contributed by atoms with van der Waals surface area (Å²) in [6.07, 6.45) is 4.72. The highest BCUT2D eigenvalue weighted by Gasteiger charge is 2.18. The predicted octanol–water partition coefficient (Wildman–Crippen LogP) is 4.31. The van der Waals surface area contributed by atoms with Gasteiger partial charge in [0.15, 0.2) is 0 Å². The zero-order valence-electron chi connectivity index (χ0n) is 13.7. The highest BCUT2D eigenvalue weighted by Crippen LogP contribution is 2.26. The molecule has 0 radical (unpaired) electrons. The molecule has 3 rings (SSSR count). The lowest BCUT2D eigenvalue weighted by molar-refractivity contribution is 0.0511. The second-order valence-corrected chi connectivity index (χ2v) is 6.34. The normalized spacial score (nSPS) is 15.0. The van der Waals surface area contributed by atoms with E-state index < -0.39 is 5.97 Å². The van der Waals surface area contributed by atoms with E-state index in [9.17, 15) is 4.79 Å². The number of methoxy groups -OCH3 is 1. The van der Waals surface area contributed by atoms with E-state index in [0.29, 0.717) is 5.56 Å². The Hall–Kier alpha value is -2.27. The smallest absolute Gasteiger partial charge is 0.366 e. The Balaban J connectivity index is 1.84. The lowest BCUT2D eigenvalue weighted by Gasteiger charge is -2.18.